The monoisotopic (exact) mass is 300 g/mol. The minimum atomic E-state index is 0.440. The first kappa shape index (κ1) is 14.0. The van der Waals surface area contributed by atoms with Crippen molar-refractivity contribution in [3.63, 3.8) is 0 Å². The van der Waals surface area contributed by atoms with Crippen LogP contribution in [0.1, 0.15) is 22.5 Å². The molecule has 3 nitrogen and oxygen atoms in total. The van der Waals surface area contributed by atoms with E-state index < -0.39 is 0 Å². The fourth-order valence-electron chi connectivity index (χ4n) is 2.56. The Bertz CT molecular complexity index is 780. The Morgan fingerprint density at radius 1 is 1.19 bits per heavy atom. The quantitative estimate of drug-likeness (QED) is 0.681. The molecule has 0 N–H and O–H groups in total. The molecule has 0 radical (unpaired) electrons. The number of benzene rings is 1. The lowest BCUT2D eigenvalue weighted by Crippen LogP contribution is -1.98. The molecule has 0 fully saturated rings. The lowest BCUT2D eigenvalue weighted by molar-refractivity contribution is 0.410. The summed E-state index contributed by atoms with van der Waals surface area (Å²) in [6.07, 6.45) is 2.79. The maximum absolute atomic E-state index is 6.15. The van der Waals surface area contributed by atoms with Crippen LogP contribution in [-0.4, -0.2) is 16.5 Å². The highest BCUT2D eigenvalue weighted by atomic mass is 35.5. The molecule has 0 bridgehead atoms. The van der Waals surface area contributed by atoms with Crippen molar-refractivity contribution in [1.82, 2.24) is 9.38 Å². The second kappa shape index (κ2) is 5.78. The normalized spacial score (nSPS) is 11.0. The average Bonchev–Trinajstić information content (AvgIpc) is 2.84. The van der Waals surface area contributed by atoms with E-state index in [0.717, 1.165) is 28.3 Å². The molecule has 0 spiro atoms. The number of hydrogen-bond acceptors (Lipinski definition) is 2. The summed E-state index contributed by atoms with van der Waals surface area (Å²) in [5.41, 5.74) is 5.28. The number of imidazole rings is 1. The third kappa shape index (κ3) is 2.61. The van der Waals surface area contributed by atoms with E-state index in [4.69, 9.17) is 21.3 Å². The van der Waals surface area contributed by atoms with Gasteiger partial charge in [0.1, 0.15) is 11.4 Å². The van der Waals surface area contributed by atoms with E-state index in [2.05, 4.69) is 29.7 Å². The van der Waals surface area contributed by atoms with Crippen LogP contribution in [0.25, 0.3) is 5.65 Å². The van der Waals surface area contributed by atoms with E-state index in [0.29, 0.717) is 12.3 Å². The number of aryl methyl sites for hydroxylation is 1. The SMILES string of the molecule is COc1ccccc1Cc1nc2ccc(C)cn2c1CCl. The van der Waals surface area contributed by atoms with Gasteiger partial charge in [0.15, 0.2) is 0 Å². The largest absolute Gasteiger partial charge is 0.496 e. The molecule has 2 heterocycles. The van der Waals surface area contributed by atoms with Crippen LogP contribution in [0, 0.1) is 6.92 Å². The molecule has 0 saturated heterocycles. The minimum Gasteiger partial charge on any atom is -0.496 e. The van der Waals surface area contributed by atoms with Crippen molar-refractivity contribution in [1.29, 1.82) is 0 Å². The first-order valence-electron chi connectivity index (χ1n) is 6.87. The molecular weight excluding hydrogens is 284 g/mol. The van der Waals surface area contributed by atoms with Crippen LogP contribution in [0.3, 0.4) is 0 Å². The van der Waals surface area contributed by atoms with Gasteiger partial charge in [0, 0.05) is 18.2 Å². The average molecular weight is 301 g/mol. The molecule has 2 aromatic heterocycles. The number of para-hydroxylation sites is 1. The Morgan fingerprint density at radius 2 is 2.00 bits per heavy atom. The van der Waals surface area contributed by atoms with Crippen molar-refractivity contribution in [2.75, 3.05) is 7.11 Å². The number of rotatable bonds is 4. The van der Waals surface area contributed by atoms with Gasteiger partial charge in [0.05, 0.1) is 24.4 Å². The predicted molar refractivity (Wildman–Crippen MR) is 85.3 cm³/mol. The van der Waals surface area contributed by atoms with Crippen molar-refractivity contribution >= 4 is 17.2 Å². The minimum absolute atomic E-state index is 0.440. The highest BCUT2D eigenvalue weighted by Crippen LogP contribution is 2.24. The van der Waals surface area contributed by atoms with Gasteiger partial charge in [-0.1, -0.05) is 24.3 Å². The number of alkyl halides is 1. The lowest BCUT2D eigenvalue weighted by atomic mass is 10.1. The van der Waals surface area contributed by atoms with Crippen molar-refractivity contribution in [2.24, 2.45) is 0 Å². The van der Waals surface area contributed by atoms with Gasteiger partial charge in [0.2, 0.25) is 0 Å². The van der Waals surface area contributed by atoms with Gasteiger partial charge in [-0.15, -0.1) is 11.6 Å². The van der Waals surface area contributed by atoms with E-state index in [1.54, 1.807) is 7.11 Å². The second-order valence-corrected chi connectivity index (χ2v) is 5.33. The number of pyridine rings is 1. The van der Waals surface area contributed by atoms with Crippen molar-refractivity contribution in [3.05, 3.63) is 65.1 Å². The van der Waals surface area contributed by atoms with Crippen LogP contribution in [0.2, 0.25) is 0 Å². The number of nitrogens with zero attached hydrogens (tertiary/aromatic N) is 2. The number of methoxy groups -OCH3 is 1. The molecule has 1 aromatic carbocycles. The van der Waals surface area contributed by atoms with Gasteiger partial charge < -0.3 is 9.14 Å². The number of fused-ring (bicyclic) bond motifs is 1. The summed E-state index contributed by atoms with van der Waals surface area (Å²) in [4.78, 5) is 4.72. The summed E-state index contributed by atoms with van der Waals surface area (Å²) in [7, 11) is 1.69. The number of aromatic nitrogens is 2. The number of hydrogen-bond donors (Lipinski definition) is 0. The summed E-state index contributed by atoms with van der Waals surface area (Å²) in [6.45, 7) is 2.07. The van der Waals surface area contributed by atoms with Gasteiger partial charge >= 0.3 is 0 Å². The molecule has 21 heavy (non-hydrogen) atoms. The second-order valence-electron chi connectivity index (χ2n) is 5.06. The van der Waals surface area contributed by atoms with E-state index in [1.165, 1.54) is 5.56 Å². The first-order valence-corrected chi connectivity index (χ1v) is 7.40. The topological polar surface area (TPSA) is 26.5 Å². The highest BCUT2D eigenvalue weighted by Gasteiger charge is 2.13. The molecule has 0 saturated carbocycles. The molecule has 0 atom stereocenters. The Balaban J connectivity index is 2.08. The van der Waals surface area contributed by atoms with Crippen LogP contribution >= 0.6 is 11.6 Å². The van der Waals surface area contributed by atoms with Crippen molar-refractivity contribution in [2.45, 2.75) is 19.2 Å². The Hall–Kier alpha value is -2.00. The van der Waals surface area contributed by atoms with Crippen LogP contribution in [0.15, 0.2) is 42.6 Å². The van der Waals surface area contributed by atoms with Crippen LogP contribution in [0.4, 0.5) is 0 Å². The molecule has 0 aliphatic heterocycles. The van der Waals surface area contributed by atoms with Crippen LogP contribution in [-0.2, 0) is 12.3 Å². The third-order valence-corrected chi connectivity index (χ3v) is 3.88. The fourth-order valence-corrected chi connectivity index (χ4v) is 2.84. The molecule has 0 unspecified atom stereocenters. The molecule has 0 aliphatic carbocycles. The molecule has 3 aromatic rings. The molecule has 0 amide bonds. The zero-order chi connectivity index (χ0) is 14.8. The van der Waals surface area contributed by atoms with Crippen LogP contribution < -0.4 is 4.74 Å². The summed E-state index contributed by atoms with van der Waals surface area (Å²) >= 11 is 6.15. The van der Waals surface area contributed by atoms with Gasteiger partial charge in [0.25, 0.3) is 0 Å². The molecule has 108 valence electrons. The van der Waals surface area contributed by atoms with Gasteiger partial charge in [-0.05, 0) is 24.6 Å². The van der Waals surface area contributed by atoms with Gasteiger partial charge in [-0.25, -0.2) is 4.98 Å². The van der Waals surface area contributed by atoms with Gasteiger partial charge in [-0.3, -0.25) is 0 Å². The summed E-state index contributed by atoms with van der Waals surface area (Å²) < 4.78 is 7.49. The smallest absolute Gasteiger partial charge is 0.137 e. The predicted octanol–water partition coefficient (Wildman–Crippen LogP) is 3.98. The van der Waals surface area contributed by atoms with Gasteiger partial charge in [-0.2, -0.15) is 0 Å². The zero-order valence-electron chi connectivity index (χ0n) is 12.1. The standard InChI is InChI=1S/C17H17ClN2O/c1-12-7-8-17-19-14(15(10-18)20(17)11-12)9-13-5-3-4-6-16(13)21-2/h3-8,11H,9-10H2,1-2H3. The highest BCUT2D eigenvalue weighted by molar-refractivity contribution is 6.17. The molecular formula is C17H17ClN2O. The fraction of sp³-hybridized carbons (Fsp3) is 0.235. The number of ether oxygens (including phenoxy) is 1. The molecule has 0 aliphatic rings. The summed E-state index contributed by atoms with van der Waals surface area (Å²) in [6, 6.07) is 12.1. The molecule has 4 heteroatoms. The third-order valence-electron chi connectivity index (χ3n) is 3.63. The lowest BCUT2D eigenvalue weighted by Gasteiger charge is -2.07. The van der Waals surface area contributed by atoms with Crippen LogP contribution in [0.5, 0.6) is 5.75 Å². The van der Waals surface area contributed by atoms with E-state index >= 15 is 0 Å². The Morgan fingerprint density at radius 3 is 2.76 bits per heavy atom. The van der Waals surface area contributed by atoms with E-state index in [-0.39, 0.29) is 0 Å². The summed E-state index contributed by atoms with van der Waals surface area (Å²) in [5, 5.41) is 0. The maximum Gasteiger partial charge on any atom is 0.137 e. The van der Waals surface area contributed by atoms with E-state index in [1.807, 2.05) is 24.3 Å². The summed E-state index contributed by atoms with van der Waals surface area (Å²) in [5.74, 6) is 1.32. The number of halogens is 1. The maximum atomic E-state index is 6.15. The van der Waals surface area contributed by atoms with E-state index in [9.17, 15) is 0 Å². The van der Waals surface area contributed by atoms with Crippen molar-refractivity contribution < 1.29 is 4.74 Å². The molecule has 3 rings (SSSR count). The first-order chi connectivity index (χ1) is 10.2. The zero-order valence-corrected chi connectivity index (χ0v) is 12.9. The van der Waals surface area contributed by atoms with Crippen molar-refractivity contribution in [3.8, 4) is 5.75 Å². The Labute approximate surface area is 129 Å². The Kier molecular flexibility index (Phi) is 3.84.